The summed E-state index contributed by atoms with van der Waals surface area (Å²) in [7, 11) is 0. The van der Waals surface area contributed by atoms with Crippen molar-refractivity contribution in [2.24, 2.45) is 5.92 Å². The molecule has 0 aliphatic heterocycles. The van der Waals surface area contributed by atoms with E-state index in [0.29, 0.717) is 5.92 Å². The second-order valence-corrected chi connectivity index (χ2v) is 2.96. The molecule has 0 heterocycles. The fraction of sp³-hybridized carbons (Fsp3) is 0.667. The first kappa shape index (κ1) is 8.13. The lowest BCUT2D eigenvalue weighted by Gasteiger charge is -2.13. The fourth-order valence-electron chi connectivity index (χ4n) is 1.71. The first-order chi connectivity index (χ1) is 5.38. The van der Waals surface area contributed by atoms with Gasteiger partial charge >= 0.3 is 0 Å². The monoisotopic (exact) mass is 151 g/mol. The lowest BCUT2D eigenvalue weighted by Crippen LogP contribution is -2.14. The molecule has 1 fully saturated rings. The minimum atomic E-state index is 0.165. The number of nitrogens with zero attached hydrogens (tertiary/aromatic N) is 1. The zero-order chi connectivity index (χ0) is 8.10. The van der Waals surface area contributed by atoms with Gasteiger partial charge in [0.2, 0.25) is 0 Å². The quantitative estimate of drug-likeness (QED) is 0.457. The molecule has 0 aromatic rings. The molecule has 0 aromatic carbocycles. The highest BCUT2D eigenvalue weighted by molar-refractivity contribution is 4.85. The average molecular weight is 151 g/mol. The maximum absolute atomic E-state index is 8.31. The summed E-state index contributed by atoms with van der Waals surface area (Å²) in [6.07, 6.45) is 8.21. The van der Waals surface area contributed by atoms with Gasteiger partial charge in [-0.05, 0) is 25.7 Å². The molecule has 0 aromatic heterocycles. The molecule has 0 amide bonds. The molecule has 1 aliphatic carbocycles. The lowest BCUT2D eigenvalue weighted by molar-refractivity contribution is 0.123. The number of hydrogen-bond donors (Lipinski definition) is 0. The predicted molar refractivity (Wildman–Crippen MR) is 42.6 cm³/mol. The minimum Gasteiger partial charge on any atom is -0.424 e. The van der Waals surface area contributed by atoms with Crippen LogP contribution in [0, 0.1) is 17.4 Å². The SMILES string of the molecule is C=CCC1CCCC1OC#N. The molecule has 1 aliphatic rings. The van der Waals surface area contributed by atoms with Gasteiger partial charge in [-0.25, -0.2) is 0 Å². The van der Waals surface area contributed by atoms with E-state index in [-0.39, 0.29) is 6.10 Å². The van der Waals surface area contributed by atoms with Gasteiger partial charge in [0.1, 0.15) is 6.10 Å². The van der Waals surface area contributed by atoms with Crippen molar-refractivity contribution >= 4 is 0 Å². The molecule has 1 saturated carbocycles. The van der Waals surface area contributed by atoms with Crippen molar-refractivity contribution < 1.29 is 4.74 Å². The third kappa shape index (κ3) is 1.98. The van der Waals surface area contributed by atoms with Gasteiger partial charge in [0, 0.05) is 5.92 Å². The minimum absolute atomic E-state index is 0.165. The molecular weight excluding hydrogens is 138 g/mol. The molecule has 11 heavy (non-hydrogen) atoms. The first-order valence-corrected chi connectivity index (χ1v) is 4.04. The molecule has 2 heteroatoms. The van der Waals surface area contributed by atoms with Crippen LogP contribution in [0.4, 0.5) is 0 Å². The van der Waals surface area contributed by atoms with Crippen LogP contribution in [-0.4, -0.2) is 6.10 Å². The topological polar surface area (TPSA) is 33.0 Å². The van der Waals surface area contributed by atoms with Gasteiger partial charge in [-0.1, -0.05) is 6.08 Å². The van der Waals surface area contributed by atoms with Crippen molar-refractivity contribution in [1.29, 1.82) is 5.26 Å². The maximum Gasteiger partial charge on any atom is 0.286 e. The van der Waals surface area contributed by atoms with Crippen molar-refractivity contribution in [2.75, 3.05) is 0 Å². The van der Waals surface area contributed by atoms with Crippen LogP contribution in [0.25, 0.3) is 0 Å². The number of hydrogen-bond acceptors (Lipinski definition) is 2. The smallest absolute Gasteiger partial charge is 0.286 e. The Morgan fingerprint density at radius 1 is 1.64 bits per heavy atom. The Morgan fingerprint density at radius 3 is 3.09 bits per heavy atom. The van der Waals surface area contributed by atoms with E-state index in [0.717, 1.165) is 12.8 Å². The normalized spacial score (nSPS) is 29.4. The van der Waals surface area contributed by atoms with Crippen LogP contribution >= 0.6 is 0 Å². The highest BCUT2D eigenvalue weighted by Crippen LogP contribution is 2.30. The van der Waals surface area contributed by atoms with Gasteiger partial charge in [-0.2, -0.15) is 5.26 Å². The van der Waals surface area contributed by atoms with Crippen LogP contribution in [0.15, 0.2) is 12.7 Å². The zero-order valence-electron chi connectivity index (χ0n) is 6.62. The highest BCUT2D eigenvalue weighted by atomic mass is 16.5. The Morgan fingerprint density at radius 2 is 2.45 bits per heavy atom. The van der Waals surface area contributed by atoms with Crippen molar-refractivity contribution in [3.63, 3.8) is 0 Å². The van der Waals surface area contributed by atoms with Gasteiger partial charge in [0.25, 0.3) is 6.26 Å². The molecule has 0 spiro atoms. The number of allylic oxidation sites excluding steroid dienone is 1. The summed E-state index contributed by atoms with van der Waals surface area (Å²) in [4.78, 5) is 0. The van der Waals surface area contributed by atoms with E-state index in [9.17, 15) is 0 Å². The average Bonchev–Trinajstić information content (AvgIpc) is 2.39. The Balaban J connectivity index is 2.38. The molecule has 1 rings (SSSR count). The van der Waals surface area contributed by atoms with Crippen LogP contribution in [0.2, 0.25) is 0 Å². The third-order valence-corrected chi connectivity index (χ3v) is 2.26. The molecule has 2 nitrogen and oxygen atoms in total. The summed E-state index contributed by atoms with van der Waals surface area (Å²) >= 11 is 0. The van der Waals surface area contributed by atoms with Crippen molar-refractivity contribution in [3.05, 3.63) is 12.7 Å². The van der Waals surface area contributed by atoms with E-state index in [1.54, 1.807) is 6.26 Å². The van der Waals surface area contributed by atoms with Gasteiger partial charge in [-0.3, -0.25) is 0 Å². The van der Waals surface area contributed by atoms with E-state index < -0.39 is 0 Å². The van der Waals surface area contributed by atoms with Gasteiger partial charge in [-0.15, -0.1) is 6.58 Å². The Kier molecular flexibility index (Phi) is 2.97. The summed E-state index contributed by atoms with van der Waals surface area (Å²) in [6, 6.07) is 0. The van der Waals surface area contributed by atoms with Crippen molar-refractivity contribution in [1.82, 2.24) is 0 Å². The Hall–Kier alpha value is -0.970. The first-order valence-electron chi connectivity index (χ1n) is 4.04. The van der Waals surface area contributed by atoms with Crippen molar-refractivity contribution in [3.8, 4) is 6.26 Å². The number of rotatable bonds is 3. The summed E-state index contributed by atoms with van der Waals surface area (Å²) in [5.74, 6) is 0.534. The maximum atomic E-state index is 8.31. The molecule has 0 bridgehead atoms. The largest absolute Gasteiger partial charge is 0.424 e. The summed E-state index contributed by atoms with van der Waals surface area (Å²) in [5, 5.41) is 8.31. The second-order valence-electron chi connectivity index (χ2n) is 2.96. The number of ether oxygens (including phenoxy) is 1. The van der Waals surface area contributed by atoms with Crippen LogP contribution in [0.1, 0.15) is 25.7 Å². The number of nitriles is 1. The van der Waals surface area contributed by atoms with Crippen molar-refractivity contribution in [2.45, 2.75) is 31.8 Å². The van der Waals surface area contributed by atoms with Crippen LogP contribution in [0.3, 0.4) is 0 Å². The molecule has 2 atom stereocenters. The van der Waals surface area contributed by atoms with Crippen LogP contribution in [0.5, 0.6) is 0 Å². The van der Waals surface area contributed by atoms with E-state index in [4.69, 9.17) is 10.00 Å². The summed E-state index contributed by atoms with van der Waals surface area (Å²) < 4.78 is 4.93. The lowest BCUT2D eigenvalue weighted by atomic mass is 10.0. The summed E-state index contributed by atoms with van der Waals surface area (Å²) in [6.45, 7) is 3.68. The third-order valence-electron chi connectivity index (χ3n) is 2.26. The van der Waals surface area contributed by atoms with E-state index in [1.807, 2.05) is 6.08 Å². The molecule has 2 unspecified atom stereocenters. The van der Waals surface area contributed by atoms with E-state index in [1.165, 1.54) is 12.8 Å². The molecule has 60 valence electrons. The molecular formula is C9H13NO. The van der Waals surface area contributed by atoms with Gasteiger partial charge < -0.3 is 4.74 Å². The van der Waals surface area contributed by atoms with Gasteiger partial charge in [0.05, 0.1) is 0 Å². The molecule has 0 N–H and O–H groups in total. The van der Waals surface area contributed by atoms with E-state index >= 15 is 0 Å². The standard InChI is InChI=1S/C9H13NO/c1-2-4-8-5-3-6-9(8)11-7-10/h2,8-9H,1,3-6H2. The van der Waals surface area contributed by atoms with Crippen LogP contribution in [-0.2, 0) is 4.74 Å². The Bertz CT molecular complexity index is 171. The fourth-order valence-corrected chi connectivity index (χ4v) is 1.71. The molecule has 0 saturated heterocycles. The predicted octanol–water partition coefficient (Wildman–Crippen LogP) is 2.23. The zero-order valence-corrected chi connectivity index (χ0v) is 6.62. The Labute approximate surface area is 67.5 Å². The summed E-state index contributed by atoms with van der Waals surface area (Å²) in [5.41, 5.74) is 0. The highest BCUT2D eigenvalue weighted by Gasteiger charge is 2.27. The van der Waals surface area contributed by atoms with Crippen LogP contribution < -0.4 is 0 Å². The van der Waals surface area contributed by atoms with Gasteiger partial charge in [0.15, 0.2) is 0 Å². The van der Waals surface area contributed by atoms with E-state index in [2.05, 4.69) is 6.58 Å². The second kappa shape index (κ2) is 4.02. The molecule has 0 radical (unpaired) electrons.